The first-order valence-corrected chi connectivity index (χ1v) is 10.7. The number of aromatic nitrogens is 3. The van der Waals surface area contributed by atoms with Crippen molar-refractivity contribution in [3.8, 4) is 11.3 Å². The summed E-state index contributed by atoms with van der Waals surface area (Å²) in [7, 11) is 1.89. The van der Waals surface area contributed by atoms with E-state index in [1.165, 1.54) is 38.5 Å². The fourth-order valence-corrected chi connectivity index (χ4v) is 6.78. The number of nitrogens with one attached hydrogen (secondary N) is 1. The summed E-state index contributed by atoms with van der Waals surface area (Å²) in [6.45, 7) is 4.19. The highest BCUT2D eigenvalue weighted by molar-refractivity contribution is 5.92. The van der Waals surface area contributed by atoms with Crippen LogP contribution in [-0.2, 0) is 7.05 Å². The number of aryl methyl sites for hydroxylation is 1. The van der Waals surface area contributed by atoms with Crippen LogP contribution < -0.4 is 5.32 Å². The van der Waals surface area contributed by atoms with Gasteiger partial charge in [0.2, 0.25) is 5.76 Å². The standard InChI is InChI=1S/C22H30N4O2/c1-4-20(22-9-14-5-15(10-22)7-16(6-14)11-22)24-21(27)19-8-18(25-28-19)17-12-23-26(3)13(17)2/h8,12,14-16,20H,4-7,9-11H2,1-3H3,(H,24,27). The number of carbonyl (C=O) groups excluding carboxylic acids is 1. The third-order valence-corrected chi connectivity index (χ3v) is 7.78. The third-order valence-electron chi connectivity index (χ3n) is 7.78. The Kier molecular flexibility index (Phi) is 4.14. The molecule has 0 radical (unpaired) electrons. The number of hydrogen-bond acceptors (Lipinski definition) is 4. The highest BCUT2D eigenvalue weighted by atomic mass is 16.5. The second-order valence-electron chi connectivity index (χ2n) is 9.56. The summed E-state index contributed by atoms with van der Waals surface area (Å²) < 4.78 is 7.21. The van der Waals surface area contributed by atoms with Crippen molar-refractivity contribution in [1.82, 2.24) is 20.3 Å². The topological polar surface area (TPSA) is 73.0 Å². The van der Waals surface area contributed by atoms with Gasteiger partial charge < -0.3 is 9.84 Å². The van der Waals surface area contributed by atoms with Gasteiger partial charge in [0.1, 0.15) is 5.69 Å². The molecule has 2 aromatic heterocycles. The van der Waals surface area contributed by atoms with Crippen LogP contribution in [0.3, 0.4) is 0 Å². The Balaban J connectivity index is 1.34. The molecule has 150 valence electrons. The highest BCUT2D eigenvalue weighted by Crippen LogP contribution is 2.61. The number of rotatable bonds is 5. The second-order valence-corrected chi connectivity index (χ2v) is 9.56. The summed E-state index contributed by atoms with van der Waals surface area (Å²) in [6, 6.07) is 1.97. The van der Waals surface area contributed by atoms with E-state index in [0.717, 1.165) is 35.4 Å². The Morgan fingerprint density at radius 1 is 1.29 bits per heavy atom. The molecule has 4 bridgehead atoms. The van der Waals surface area contributed by atoms with Gasteiger partial charge in [0.05, 0.1) is 6.20 Å². The maximum absolute atomic E-state index is 13.0. The molecule has 6 heteroatoms. The normalized spacial score (nSPS) is 31.9. The van der Waals surface area contributed by atoms with Gasteiger partial charge in [0, 0.05) is 30.4 Å². The van der Waals surface area contributed by atoms with Crippen molar-refractivity contribution >= 4 is 5.91 Å². The molecule has 2 aromatic rings. The average Bonchev–Trinajstić information content (AvgIpc) is 3.26. The predicted molar refractivity (Wildman–Crippen MR) is 106 cm³/mol. The molecular weight excluding hydrogens is 352 g/mol. The largest absolute Gasteiger partial charge is 0.350 e. The molecule has 6 rings (SSSR count). The Morgan fingerprint density at radius 2 is 1.93 bits per heavy atom. The molecule has 4 aliphatic rings. The Labute approximate surface area is 166 Å². The van der Waals surface area contributed by atoms with Crippen LogP contribution in [0.25, 0.3) is 11.3 Å². The fourth-order valence-electron chi connectivity index (χ4n) is 6.78. The Hall–Kier alpha value is -2.11. The van der Waals surface area contributed by atoms with Crippen molar-refractivity contribution in [2.45, 2.75) is 64.8 Å². The molecule has 0 spiro atoms. The molecule has 1 atom stereocenters. The Morgan fingerprint density at radius 3 is 2.46 bits per heavy atom. The van der Waals surface area contributed by atoms with E-state index in [2.05, 4.69) is 22.5 Å². The molecule has 4 saturated carbocycles. The molecule has 28 heavy (non-hydrogen) atoms. The molecule has 6 nitrogen and oxygen atoms in total. The lowest BCUT2D eigenvalue weighted by molar-refractivity contribution is -0.0728. The zero-order valence-corrected chi connectivity index (χ0v) is 17.1. The minimum absolute atomic E-state index is 0.136. The second kappa shape index (κ2) is 6.46. The Bertz CT molecular complexity index is 861. The third kappa shape index (κ3) is 2.80. The van der Waals surface area contributed by atoms with Crippen LogP contribution in [0, 0.1) is 30.1 Å². The summed E-state index contributed by atoms with van der Waals surface area (Å²) in [5.74, 6) is 2.79. The van der Waals surface area contributed by atoms with Crippen LogP contribution in [0.4, 0.5) is 0 Å². The van der Waals surface area contributed by atoms with Crippen LogP contribution in [0.1, 0.15) is 68.1 Å². The van der Waals surface area contributed by atoms with Crippen LogP contribution >= 0.6 is 0 Å². The molecule has 0 aliphatic heterocycles. The quantitative estimate of drug-likeness (QED) is 0.845. The van der Waals surface area contributed by atoms with Gasteiger partial charge in [-0.25, -0.2) is 0 Å². The summed E-state index contributed by atoms with van der Waals surface area (Å²) in [4.78, 5) is 13.0. The van der Waals surface area contributed by atoms with Crippen molar-refractivity contribution in [2.24, 2.45) is 30.2 Å². The van der Waals surface area contributed by atoms with Gasteiger partial charge in [-0.3, -0.25) is 9.48 Å². The molecule has 4 fully saturated rings. The number of amides is 1. The highest BCUT2D eigenvalue weighted by Gasteiger charge is 2.54. The van der Waals surface area contributed by atoms with Crippen molar-refractivity contribution in [1.29, 1.82) is 0 Å². The van der Waals surface area contributed by atoms with Gasteiger partial charge in [-0.05, 0) is 75.0 Å². The van der Waals surface area contributed by atoms with Crippen LogP contribution in [-0.4, -0.2) is 26.9 Å². The molecule has 2 heterocycles. The monoisotopic (exact) mass is 382 g/mol. The zero-order chi connectivity index (χ0) is 19.5. The summed E-state index contributed by atoms with van der Waals surface area (Å²) in [5, 5.41) is 11.7. The lowest BCUT2D eigenvalue weighted by Gasteiger charge is -2.59. The van der Waals surface area contributed by atoms with E-state index in [0.29, 0.717) is 16.9 Å². The van der Waals surface area contributed by atoms with Crippen LogP contribution in [0.5, 0.6) is 0 Å². The van der Waals surface area contributed by atoms with E-state index < -0.39 is 0 Å². The minimum atomic E-state index is -0.136. The fraction of sp³-hybridized carbons (Fsp3) is 0.682. The maximum atomic E-state index is 13.0. The van der Waals surface area contributed by atoms with E-state index in [1.54, 1.807) is 16.9 Å². The predicted octanol–water partition coefficient (Wildman–Crippen LogP) is 4.11. The summed E-state index contributed by atoms with van der Waals surface area (Å²) in [6.07, 6.45) is 10.8. The van der Waals surface area contributed by atoms with Crippen LogP contribution in [0.15, 0.2) is 16.8 Å². The van der Waals surface area contributed by atoms with Crippen molar-refractivity contribution < 1.29 is 9.32 Å². The van der Waals surface area contributed by atoms with E-state index in [9.17, 15) is 4.79 Å². The lowest BCUT2D eigenvalue weighted by Crippen LogP contribution is -2.56. The average molecular weight is 383 g/mol. The minimum Gasteiger partial charge on any atom is -0.350 e. The molecule has 1 N–H and O–H groups in total. The number of hydrogen-bond donors (Lipinski definition) is 1. The van der Waals surface area contributed by atoms with Gasteiger partial charge in [-0.2, -0.15) is 5.10 Å². The number of carbonyl (C=O) groups is 1. The zero-order valence-electron chi connectivity index (χ0n) is 17.1. The first-order valence-electron chi connectivity index (χ1n) is 10.7. The SMILES string of the molecule is CCC(NC(=O)c1cc(-c2cnn(C)c2C)no1)C12CC3CC(CC(C3)C1)C2. The van der Waals surface area contributed by atoms with E-state index in [1.807, 2.05) is 14.0 Å². The van der Waals surface area contributed by atoms with Crippen molar-refractivity contribution in [2.75, 3.05) is 0 Å². The van der Waals surface area contributed by atoms with E-state index in [-0.39, 0.29) is 11.9 Å². The maximum Gasteiger partial charge on any atom is 0.290 e. The summed E-state index contributed by atoms with van der Waals surface area (Å²) in [5.41, 5.74) is 2.86. The van der Waals surface area contributed by atoms with Gasteiger partial charge >= 0.3 is 0 Å². The molecule has 4 aliphatic carbocycles. The van der Waals surface area contributed by atoms with Gasteiger partial charge in [0.25, 0.3) is 5.91 Å². The molecular formula is C22H30N4O2. The van der Waals surface area contributed by atoms with Gasteiger partial charge in [0.15, 0.2) is 0 Å². The first-order chi connectivity index (χ1) is 13.5. The molecule has 0 saturated heterocycles. The smallest absolute Gasteiger partial charge is 0.290 e. The van der Waals surface area contributed by atoms with Crippen molar-refractivity contribution in [3.63, 3.8) is 0 Å². The summed E-state index contributed by atoms with van der Waals surface area (Å²) >= 11 is 0. The van der Waals surface area contributed by atoms with Crippen molar-refractivity contribution in [3.05, 3.63) is 23.7 Å². The molecule has 0 aromatic carbocycles. The number of nitrogens with zero attached hydrogens (tertiary/aromatic N) is 3. The van der Waals surface area contributed by atoms with E-state index >= 15 is 0 Å². The van der Waals surface area contributed by atoms with Gasteiger partial charge in [-0.1, -0.05) is 12.1 Å². The van der Waals surface area contributed by atoms with E-state index in [4.69, 9.17) is 4.52 Å². The van der Waals surface area contributed by atoms with Crippen LogP contribution in [0.2, 0.25) is 0 Å². The lowest BCUT2D eigenvalue weighted by atomic mass is 9.47. The molecule has 1 amide bonds. The van der Waals surface area contributed by atoms with Gasteiger partial charge in [-0.15, -0.1) is 0 Å². The molecule has 1 unspecified atom stereocenters. The first kappa shape index (κ1) is 18.0.